The standard InChI is InChI=1S/C19H34N4O.HI/c1-20-18(21-14-11-16-9-5-4-6-10-16)22-15-19(12-7-8-13-19)17(24)23(2)3;/h9H,4-8,10-15H2,1-3H3,(H2,20,21,22);1H. The van der Waals surface area contributed by atoms with Crippen LogP contribution in [-0.4, -0.2) is 51.0 Å². The van der Waals surface area contributed by atoms with E-state index in [9.17, 15) is 4.79 Å². The quantitative estimate of drug-likeness (QED) is 0.276. The fourth-order valence-corrected chi connectivity index (χ4v) is 3.94. The molecule has 0 radical (unpaired) electrons. The molecule has 1 amide bonds. The first-order chi connectivity index (χ1) is 11.6. The predicted molar refractivity (Wildman–Crippen MR) is 116 cm³/mol. The van der Waals surface area contributed by atoms with Gasteiger partial charge in [0.25, 0.3) is 0 Å². The zero-order valence-electron chi connectivity index (χ0n) is 16.1. The molecule has 5 nitrogen and oxygen atoms in total. The van der Waals surface area contributed by atoms with E-state index in [-0.39, 0.29) is 35.3 Å². The van der Waals surface area contributed by atoms with Crippen LogP contribution < -0.4 is 10.6 Å². The first kappa shape index (κ1) is 22.3. The minimum absolute atomic E-state index is 0. The van der Waals surface area contributed by atoms with Crippen molar-refractivity contribution >= 4 is 35.8 Å². The second-order valence-corrected chi connectivity index (χ2v) is 7.40. The molecule has 0 unspecified atom stereocenters. The van der Waals surface area contributed by atoms with Crippen molar-refractivity contribution in [3.05, 3.63) is 11.6 Å². The molecule has 0 aromatic rings. The molecule has 0 spiro atoms. The highest BCUT2D eigenvalue weighted by Gasteiger charge is 2.42. The Morgan fingerprint density at radius 3 is 2.48 bits per heavy atom. The number of amides is 1. The van der Waals surface area contributed by atoms with Gasteiger partial charge in [-0.15, -0.1) is 24.0 Å². The molecular formula is C19H35IN4O. The monoisotopic (exact) mass is 462 g/mol. The average Bonchev–Trinajstić information content (AvgIpc) is 3.08. The molecule has 0 aromatic heterocycles. The Balaban J connectivity index is 0.00000312. The number of hydrogen-bond donors (Lipinski definition) is 2. The van der Waals surface area contributed by atoms with Gasteiger partial charge in [-0.1, -0.05) is 24.5 Å². The van der Waals surface area contributed by atoms with Gasteiger partial charge < -0.3 is 15.5 Å². The summed E-state index contributed by atoms with van der Waals surface area (Å²) in [6.07, 6.45) is 12.8. The van der Waals surface area contributed by atoms with Crippen molar-refractivity contribution in [2.75, 3.05) is 34.2 Å². The molecule has 2 aliphatic rings. The van der Waals surface area contributed by atoms with Gasteiger partial charge in [-0.3, -0.25) is 9.79 Å². The number of nitrogens with one attached hydrogen (secondary N) is 2. The lowest BCUT2D eigenvalue weighted by Crippen LogP contribution is -2.49. The lowest BCUT2D eigenvalue weighted by atomic mass is 9.84. The summed E-state index contributed by atoms with van der Waals surface area (Å²) in [4.78, 5) is 18.7. The van der Waals surface area contributed by atoms with Crippen molar-refractivity contribution in [2.45, 2.75) is 57.8 Å². The SMILES string of the molecule is CN=C(NCCC1=CCCCC1)NCC1(C(=O)N(C)C)CCCC1.I. The number of nitrogens with zero attached hydrogens (tertiary/aromatic N) is 2. The molecule has 6 heteroatoms. The molecule has 0 heterocycles. The van der Waals surface area contributed by atoms with Crippen LogP contribution in [0.25, 0.3) is 0 Å². The summed E-state index contributed by atoms with van der Waals surface area (Å²) < 4.78 is 0. The Morgan fingerprint density at radius 1 is 1.20 bits per heavy atom. The normalized spacial score (nSPS) is 19.6. The summed E-state index contributed by atoms with van der Waals surface area (Å²) in [5, 5.41) is 6.80. The van der Waals surface area contributed by atoms with E-state index in [0.717, 1.165) is 44.6 Å². The lowest BCUT2D eigenvalue weighted by molar-refractivity contribution is -0.138. The zero-order valence-corrected chi connectivity index (χ0v) is 18.4. The third kappa shape index (κ3) is 6.46. The zero-order chi connectivity index (χ0) is 17.4. The highest BCUT2D eigenvalue weighted by Crippen LogP contribution is 2.38. The molecule has 0 aliphatic heterocycles. The molecule has 144 valence electrons. The average molecular weight is 462 g/mol. The van der Waals surface area contributed by atoms with Crippen LogP contribution in [0.1, 0.15) is 57.8 Å². The summed E-state index contributed by atoms with van der Waals surface area (Å²) in [6, 6.07) is 0. The van der Waals surface area contributed by atoms with Crippen molar-refractivity contribution in [2.24, 2.45) is 10.4 Å². The van der Waals surface area contributed by atoms with Crippen molar-refractivity contribution in [3.8, 4) is 0 Å². The molecule has 0 atom stereocenters. The molecule has 0 saturated heterocycles. The largest absolute Gasteiger partial charge is 0.356 e. The third-order valence-electron chi connectivity index (χ3n) is 5.36. The van der Waals surface area contributed by atoms with Gasteiger partial charge in [-0.2, -0.15) is 0 Å². The summed E-state index contributed by atoms with van der Waals surface area (Å²) in [5.74, 6) is 1.06. The van der Waals surface area contributed by atoms with Gasteiger partial charge in [-0.05, 0) is 44.9 Å². The molecule has 2 N–H and O–H groups in total. The van der Waals surface area contributed by atoms with Crippen molar-refractivity contribution in [3.63, 3.8) is 0 Å². The number of guanidine groups is 1. The van der Waals surface area contributed by atoms with Gasteiger partial charge in [-0.25, -0.2) is 0 Å². The van der Waals surface area contributed by atoms with Crippen molar-refractivity contribution in [1.29, 1.82) is 0 Å². The Hall–Kier alpha value is -0.790. The van der Waals surface area contributed by atoms with E-state index in [2.05, 4.69) is 21.7 Å². The van der Waals surface area contributed by atoms with E-state index in [0.29, 0.717) is 6.54 Å². The Kier molecular flexibility index (Phi) is 9.82. The number of hydrogen-bond acceptors (Lipinski definition) is 2. The maximum atomic E-state index is 12.6. The molecular weight excluding hydrogens is 427 g/mol. The predicted octanol–water partition coefficient (Wildman–Crippen LogP) is 3.31. The maximum Gasteiger partial charge on any atom is 0.230 e. The lowest BCUT2D eigenvalue weighted by Gasteiger charge is -2.31. The second kappa shape index (κ2) is 11.0. The van der Waals surface area contributed by atoms with Gasteiger partial charge in [0.05, 0.1) is 5.41 Å². The molecule has 25 heavy (non-hydrogen) atoms. The fraction of sp³-hybridized carbons (Fsp3) is 0.789. The smallest absolute Gasteiger partial charge is 0.230 e. The molecule has 0 aromatic carbocycles. The fourth-order valence-electron chi connectivity index (χ4n) is 3.94. The number of halogens is 1. The van der Waals surface area contributed by atoms with E-state index >= 15 is 0 Å². The minimum atomic E-state index is -0.257. The molecule has 1 fully saturated rings. The van der Waals surface area contributed by atoms with E-state index in [1.807, 2.05) is 14.1 Å². The third-order valence-corrected chi connectivity index (χ3v) is 5.36. The summed E-state index contributed by atoms with van der Waals surface area (Å²) in [5.41, 5.74) is 1.31. The van der Waals surface area contributed by atoms with E-state index in [4.69, 9.17) is 0 Å². The molecule has 1 saturated carbocycles. The van der Waals surface area contributed by atoms with Crippen LogP contribution in [0.15, 0.2) is 16.6 Å². The molecule has 2 rings (SSSR count). The second-order valence-electron chi connectivity index (χ2n) is 7.40. The van der Waals surface area contributed by atoms with Gasteiger partial charge in [0.1, 0.15) is 0 Å². The Morgan fingerprint density at radius 2 is 1.92 bits per heavy atom. The topological polar surface area (TPSA) is 56.7 Å². The van der Waals surface area contributed by atoms with Gasteiger partial charge in [0, 0.05) is 34.2 Å². The van der Waals surface area contributed by atoms with Crippen LogP contribution in [0, 0.1) is 5.41 Å². The Labute approximate surface area is 170 Å². The summed E-state index contributed by atoms with van der Waals surface area (Å²) in [6.45, 7) is 1.58. The van der Waals surface area contributed by atoms with Gasteiger partial charge in [0.2, 0.25) is 5.91 Å². The Bertz CT molecular complexity index is 482. The summed E-state index contributed by atoms with van der Waals surface area (Å²) >= 11 is 0. The van der Waals surface area contributed by atoms with E-state index in [1.54, 1.807) is 17.5 Å². The van der Waals surface area contributed by atoms with Crippen LogP contribution in [-0.2, 0) is 4.79 Å². The van der Waals surface area contributed by atoms with Crippen LogP contribution in [0.3, 0.4) is 0 Å². The number of rotatable bonds is 6. The summed E-state index contributed by atoms with van der Waals surface area (Å²) in [7, 11) is 5.50. The minimum Gasteiger partial charge on any atom is -0.356 e. The number of allylic oxidation sites excluding steroid dienone is 1. The highest BCUT2D eigenvalue weighted by molar-refractivity contribution is 14.0. The number of aliphatic imine (C=N–C) groups is 1. The number of carbonyl (C=O) groups is 1. The van der Waals surface area contributed by atoms with Crippen LogP contribution >= 0.6 is 24.0 Å². The van der Waals surface area contributed by atoms with Crippen LogP contribution in [0.4, 0.5) is 0 Å². The molecule has 0 bridgehead atoms. The first-order valence-electron chi connectivity index (χ1n) is 9.41. The van der Waals surface area contributed by atoms with Crippen molar-refractivity contribution in [1.82, 2.24) is 15.5 Å². The maximum absolute atomic E-state index is 12.6. The van der Waals surface area contributed by atoms with Crippen LogP contribution in [0.5, 0.6) is 0 Å². The van der Waals surface area contributed by atoms with E-state index < -0.39 is 0 Å². The van der Waals surface area contributed by atoms with Gasteiger partial charge in [0.15, 0.2) is 5.96 Å². The first-order valence-corrected chi connectivity index (χ1v) is 9.41. The van der Waals surface area contributed by atoms with E-state index in [1.165, 1.54) is 25.7 Å². The van der Waals surface area contributed by atoms with Crippen LogP contribution in [0.2, 0.25) is 0 Å². The molecule has 2 aliphatic carbocycles. The highest BCUT2D eigenvalue weighted by atomic mass is 127. The van der Waals surface area contributed by atoms with Gasteiger partial charge >= 0.3 is 0 Å². The van der Waals surface area contributed by atoms with Crippen molar-refractivity contribution < 1.29 is 4.79 Å². The number of carbonyl (C=O) groups excluding carboxylic acids is 1.